The number of carbonyl (C=O) groups excluding carboxylic acids is 1. The molecule has 3 heteroatoms. The van der Waals surface area contributed by atoms with Crippen molar-refractivity contribution in [1.82, 2.24) is 10.2 Å². The van der Waals surface area contributed by atoms with Crippen molar-refractivity contribution in [2.75, 3.05) is 19.6 Å². The standard InChI is InChI=1S/C15H26N2O/c1-3-5-6-7-10-15(18)17(12-4-2)14-9-8-11-16-13-14/h1,14,16H,4-13H2,2H3. The highest BCUT2D eigenvalue weighted by Crippen LogP contribution is 2.14. The molecule has 1 heterocycles. The Morgan fingerprint density at radius 3 is 2.94 bits per heavy atom. The molecule has 1 aliphatic heterocycles. The van der Waals surface area contributed by atoms with E-state index >= 15 is 0 Å². The highest BCUT2D eigenvalue weighted by molar-refractivity contribution is 5.76. The van der Waals surface area contributed by atoms with Crippen LogP contribution in [0.1, 0.15) is 51.9 Å². The molecule has 0 spiro atoms. The fourth-order valence-corrected chi connectivity index (χ4v) is 2.50. The summed E-state index contributed by atoms with van der Waals surface area (Å²) in [6, 6.07) is 0.402. The average Bonchev–Trinajstić information content (AvgIpc) is 2.41. The van der Waals surface area contributed by atoms with Gasteiger partial charge in [0.2, 0.25) is 5.91 Å². The third-order valence-corrected chi connectivity index (χ3v) is 3.46. The second-order valence-electron chi connectivity index (χ2n) is 5.00. The van der Waals surface area contributed by atoms with Crippen molar-refractivity contribution in [3.63, 3.8) is 0 Å². The molecule has 0 aliphatic carbocycles. The van der Waals surface area contributed by atoms with E-state index in [1.165, 1.54) is 6.42 Å². The zero-order valence-corrected chi connectivity index (χ0v) is 11.6. The van der Waals surface area contributed by atoms with Crippen molar-refractivity contribution in [2.24, 2.45) is 0 Å². The number of unbranched alkanes of at least 4 members (excludes halogenated alkanes) is 2. The van der Waals surface area contributed by atoms with Crippen LogP contribution in [-0.2, 0) is 4.79 Å². The lowest BCUT2D eigenvalue weighted by atomic mass is 10.0. The van der Waals surface area contributed by atoms with Crippen LogP contribution in [0.3, 0.4) is 0 Å². The van der Waals surface area contributed by atoms with Gasteiger partial charge in [-0.05, 0) is 38.6 Å². The van der Waals surface area contributed by atoms with Crippen LogP contribution in [0.4, 0.5) is 0 Å². The molecule has 1 atom stereocenters. The number of amides is 1. The highest BCUT2D eigenvalue weighted by atomic mass is 16.2. The number of rotatable bonds is 7. The van der Waals surface area contributed by atoms with Crippen molar-refractivity contribution >= 4 is 5.91 Å². The molecular formula is C15H26N2O. The van der Waals surface area contributed by atoms with E-state index in [9.17, 15) is 4.79 Å². The lowest BCUT2D eigenvalue weighted by Crippen LogP contribution is -2.48. The first-order chi connectivity index (χ1) is 8.79. The number of piperidine rings is 1. The van der Waals surface area contributed by atoms with Gasteiger partial charge in [-0.3, -0.25) is 4.79 Å². The van der Waals surface area contributed by atoms with E-state index in [-0.39, 0.29) is 0 Å². The normalized spacial score (nSPS) is 19.2. The minimum Gasteiger partial charge on any atom is -0.338 e. The molecule has 18 heavy (non-hydrogen) atoms. The Labute approximate surface area is 111 Å². The molecule has 1 amide bonds. The first-order valence-electron chi connectivity index (χ1n) is 7.23. The van der Waals surface area contributed by atoms with Crippen LogP contribution in [0, 0.1) is 12.3 Å². The van der Waals surface area contributed by atoms with E-state index < -0.39 is 0 Å². The number of terminal acetylenes is 1. The predicted molar refractivity (Wildman–Crippen MR) is 75.2 cm³/mol. The maximum Gasteiger partial charge on any atom is 0.222 e. The molecule has 0 bridgehead atoms. The van der Waals surface area contributed by atoms with Gasteiger partial charge in [0.05, 0.1) is 0 Å². The minimum absolute atomic E-state index is 0.308. The van der Waals surface area contributed by atoms with Crippen LogP contribution in [0.25, 0.3) is 0 Å². The molecule has 1 fully saturated rings. The van der Waals surface area contributed by atoms with Crippen LogP contribution >= 0.6 is 0 Å². The van der Waals surface area contributed by atoms with Crippen molar-refractivity contribution in [3.8, 4) is 12.3 Å². The first-order valence-corrected chi connectivity index (χ1v) is 7.23. The first kappa shape index (κ1) is 15.0. The number of nitrogens with one attached hydrogen (secondary N) is 1. The van der Waals surface area contributed by atoms with Gasteiger partial charge in [0, 0.05) is 32.0 Å². The third kappa shape index (κ3) is 5.10. The zero-order valence-electron chi connectivity index (χ0n) is 11.6. The largest absolute Gasteiger partial charge is 0.338 e. The third-order valence-electron chi connectivity index (χ3n) is 3.46. The van der Waals surface area contributed by atoms with Crippen LogP contribution in [0.15, 0.2) is 0 Å². The second kappa shape index (κ2) is 8.99. The Bertz CT molecular complexity index is 277. The Morgan fingerprint density at radius 1 is 1.50 bits per heavy atom. The number of nitrogens with zero attached hydrogens (tertiary/aromatic N) is 1. The zero-order chi connectivity index (χ0) is 13.2. The predicted octanol–water partition coefficient (Wildman–Crippen LogP) is 2.17. The fraction of sp³-hybridized carbons (Fsp3) is 0.800. The van der Waals surface area contributed by atoms with Crippen molar-refractivity contribution < 1.29 is 4.79 Å². The maximum atomic E-state index is 12.2. The molecule has 0 aromatic carbocycles. The monoisotopic (exact) mass is 250 g/mol. The Hall–Kier alpha value is -1.01. The van der Waals surface area contributed by atoms with Gasteiger partial charge in [-0.15, -0.1) is 12.3 Å². The van der Waals surface area contributed by atoms with Crippen molar-refractivity contribution in [2.45, 2.75) is 57.9 Å². The molecule has 1 unspecified atom stereocenters. The summed E-state index contributed by atoms with van der Waals surface area (Å²) in [7, 11) is 0. The average molecular weight is 250 g/mol. The number of hydrogen-bond donors (Lipinski definition) is 1. The van der Waals surface area contributed by atoms with Gasteiger partial charge in [0.15, 0.2) is 0 Å². The van der Waals surface area contributed by atoms with Crippen LogP contribution in [0.5, 0.6) is 0 Å². The van der Waals surface area contributed by atoms with Gasteiger partial charge in [0.25, 0.3) is 0 Å². The van der Waals surface area contributed by atoms with E-state index in [1.807, 2.05) is 0 Å². The fourth-order valence-electron chi connectivity index (χ4n) is 2.50. The van der Waals surface area contributed by atoms with E-state index in [1.54, 1.807) is 0 Å². The molecule has 3 nitrogen and oxygen atoms in total. The van der Waals surface area contributed by atoms with Gasteiger partial charge in [0.1, 0.15) is 0 Å². The summed E-state index contributed by atoms with van der Waals surface area (Å²) in [5, 5.41) is 3.38. The van der Waals surface area contributed by atoms with Crippen LogP contribution in [-0.4, -0.2) is 36.5 Å². The lowest BCUT2D eigenvalue weighted by molar-refractivity contribution is -0.134. The summed E-state index contributed by atoms with van der Waals surface area (Å²) < 4.78 is 0. The molecular weight excluding hydrogens is 224 g/mol. The van der Waals surface area contributed by atoms with E-state index in [4.69, 9.17) is 6.42 Å². The summed E-state index contributed by atoms with van der Waals surface area (Å²) in [5.41, 5.74) is 0. The topological polar surface area (TPSA) is 32.3 Å². The smallest absolute Gasteiger partial charge is 0.222 e. The summed E-state index contributed by atoms with van der Waals surface area (Å²) in [5.74, 6) is 2.93. The molecule has 1 rings (SSSR count). The molecule has 0 aromatic rings. The summed E-state index contributed by atoms with van der Waals surface area (Å²) in [6.07, 6.45) is 11.9. The quantitative estimate of drug-likeness (QED) is 0.555. The van der Waals surface area contributed by atoms with Crippen molar-refractivity contribution in [3.05, 3.63) is 0 Å². The van der Waals surface area contributed by atoms with Gasteiger partial charge in [-0.1, -0.05) is 6.92 Å². The van der Waals surface area contributed by atoms with Crippen LogP contribution < -0.4 is 5.32 Å². The SMILES string of the molecule is C#CCCCCC(=O)N(CCC)C1CCCNC1. The maximum absolute atomic E-state index is 12.2. The van der Waals surface area contributed by atoms with Gasteiger partial charge < -0.3 is 10.2 Å². The van der Waals surface area contributed by atoms with E-state index in [0.717, 1.165) is 51.7 Å². The van der Waals surface area contributed by atoms with E-state index in [0.29, 0.717) is 18.4 Å². The van der Waals surface area contributed by atoms with Gasteiger partial charge in [-0.2, -0.15) is 0 Å². The summed E-state index contributed by atoms with van der Waals surface area (Å²) in [6.45, 7) is 5.07. The minimum atomic E-state index is 0.308. The van der Waals surface area contributed by atoms with Crippen LogP contribution in [0.2, 0.25) is 0 Å². The molecule has 0 saturated carbocycles. The lowest BCUT2D eigenvalue weighted by Gasteiger charge is -2.34. The number of carbonyl (C=O) groups is 1. The molecule has 102 valence electrons. The Balaban J connectivity index is 2.39. The second-order valence-corrected chi connectivity index (χ2v) is 5.00. The summed E-state index contributed by atoms with van der Waals surface area (Å²) >= 11 is 0. The molecule has 0 aromatic heterocycles. The summed E-state index contributed by atoms with van der Waals surface area (Å²) in [4.78, 5) is 14.3. The number of hydrogen-bond acceptors (Lipinski definition) is 2. The Morgan fingerprint density at radius 2 is 2.33 bits per heavy atom. The molecule has 1 aliphatic rings. The molecule has 1 N–H and O–H groups in total. The van der Waals surface area contributed by atoms with E-state index in [2.05, 4.69) is 23.1 Å². The van der Waals surface area contributed by atoms with Gasteiger partial charge in [-0.25, -0.2) is 0 Å². The Kier molecular flexibility index (Phi) is 7.52. The molecule has 1 saturated heterocycles. The highest BCUT2D eigenvalue weighted by Gasteiger charge is 2.23. The van der Waals surface area contributed by atoms with Gasteiger partial charge >= 0.3 is 0 Å². The molecule has 0 radical (unpaired) electrons. The van der Waals surface area contributed by atoms with Crippen molar-refractivity contribution in [1.29, 1.82) is 0 Å².